The number of carboxylic acid groups (broad SMARTS) is 1. The molecule has 10 heteroatoms. The molecule has 270 valence electrons. The number of hydrogen-bond donors (Lipinski definition) is 1. The number of anilines is 1. The minimum Gasteiger partial charge on any atom is -0.465 e. The van der Waals surface area contributed by atoms with E-state index in [1.54, 1.807) is 17.0 Å². The molecule has 1 N–H and O–H groups in total. The Morgan fingerprint density at radius 3 is 2.13 bits per heavy atom. The van der Waals surface area contributed by atoms with Crippen molar-refractivity contribution in [1.82, 2.24) is 14.8 Å². The molecule has 3 aliphatic rings. The topological polar surface area (TPSA) is 118 Å². The molecule has 0 spiro atoms. The monoisotopic (exact) mass is 717 g/mol. The Hall–Kier alpha value is -4.72. The van der Waals surface area contributed by atoms with Crippen molar-refractivity contribution in [2.24, 2.45) is 17.8 Å². The molecule has 1 aliphatic carbocycles. The summed E-state index contributed by atoms with van der Waals surface area (Å²) in [5, 5.41) is 21.9. The van der Waals surface area contributed by atoms with Crippen LogP contribution < -0.4 is 4.90 Å². The van der Waals surface area contributed by atoms with E-state index in [0.717, 1.165) is 81.6 Å². The lowest BCUT2D eigenvalue weighted by atomic mass is 9.59. The van der Waals surface area contributed by atoms with Crippen molar-refractivity contribution in [2.45, 2.75) is 66.3 Å². The number of sulfone groups is 1. The number of hydrogen-bond acceptors (Lipinski definition) is 7. The first-order valence-corrected chi connectivity index (χ1v) is 20.0. The van der Waals surface area contributed by atoms with E-state index in [1.807, 2.05) is 67.6 Å². The Labute approximate surface area is 307 Å². The van der Waals surface area contributed by atoms with Gasteiger partial charge in [0.25, 0.3) is 0 Å². The van der Waals surface area contributed by atoms with Gasteiger partial charge in [0, 0.05) is 55.6 Å². The predicted molar refractivity (Wildman–Crippen MR) is 201 cm³/mol. The summed E-state index contributed by atoms with van der Waals surface area (Å²) < 4.78 is 26.0. The summed E-state index contributed by atoms with van der Waals surface area (Å²) in [5.41, 5.74) is 2.21. The van der Waals surface area contributed by atoms with Gasteiger partial charge in [-0.3, -0.25) is 9.88 Å². The fraction of sp³-hybridized carbons (Fsp3) is 0.405. The Morgan fingerprint density at radius 2 is 1.52 bits per heavy atom. The van der Waals surface area contributed by atoms with Gasteiger partial charge in [-0.05, 0) is 99.1 Å². The van der Waals surface area contributed by atoms with Crippen molar-refractivity contribution in [3.63, 3.8) is 0 Å². The van der Waals surface area contributed by atoms with Gasteiger partial charge in [0.15, 0.2) is 0 Å². The molecule has 3 aromatic carbocycles. The van der Waals surface area contributed by atoms with Gasteiger partial charge >= 0.3 is 6.09 Å². The molecule has 2 unspecified atom stereocenters. The first-order valence-electron chi connectivity index (χ1n) is 18.5. The number of aromatic nitrogens is 1. The molecule has 1 saturated carbocycles. The highest BCUT2D eigenvalue weighted by Gasteiger charge is 2.54. The van der Waals surface area contributed by atoms with Crippen LogP contribution in [-0.4, -0.2) is 73.2 Å². The molecule has 7 rings (SSSR count). The number of likely N-dealkylation sites (tertiary alicyclic amines) is 1. The second-order valence-corrected chi connectivity index (χ2v) is 16.7. The number of nitrogens with zero attached hydrogens (tertiary/aromatic N) is 5. The maximum atomic E-state index is 13.0. The number of nitriles is 1. The van der Waals surface area contributed by atoms with Crippen LogP contribution in [0.15, 0.2) is 119 Å². The van der Waals surface area contributed by atoms with Crippen LogP contribution in [0.4, 0.5) is 10.5 Å². The molecule has 1 amide bonds. The molecule has 1 aromatic heterocycles. The van der Waals surface area contributed by atoms with E-state index in [0.29, 0.717) is 5.92 Å². The minimum absolute atomic E-state index is 0.107. The van der Waals surface area contributed by atoms with E-state index in [9.17, 15) is 23.6 Å². The van der Waals surface area contributed by atoms with Gasteiger partial charge in [-0.2, -0.15) is 5.26 Å². The fourth-order valence-electron chi connectivity index (χ4n) is 9.32. The van der Waals surface area contributed by atoms with E-state index in [1.165, 1.54) is 24.5 Å². The number of rotatable bonds is 11. The Bertz CT molecular complexity index is 1960. The average Bonchev–Trinajstić information content (AvgIpc) is 3.64. The third-order valence-electron chi connectivity index (χ3n) is 12.0. The fourth-order valence-corrected chi connectivity index (χ4v) is 10.6. The van der Waals surface area contributed by atoms with Crippen molar-refractivity contribution < 1.29 is 18.3 Å². The summed E-state index contributed by atoms with van der Waals surface area (Å²) in [4.78, 5) is 23.9. The molecule has 2 aliphatic heterocycles. The van der Waals surface area contributed by atoms with E-state index in [-0.39, 0.29) is 33.7 Å². The summed E-state index contributed by atoms with van der Waals surface area (Å²) >= 11 is 0. The average molecular weight is 718 g/mol. The molecule has 0 radical (unpaired) electrons. The molecule has 4 aromatic rings. The molecule has 3 fully saturated rings. The Balaban J connectivity index is 1.02. The Kier molecular flexibility index (Phi) is 10.4. The van der Waals surface area contributed by atoms with Gasteiger partial charge in [-0.25, -0.2) is 13.2 Å². The molecule has 2 saturated heterocycles. The number of benzene rings is 3. The van der Waals surface area contributed by atoms with Gasteiger partial charge in [0.05, 0.1) is 27.3 Å². The van der Waals surface area contributed by atoms with Crippen LogP contribution in [0.1, 0.15) is 56.2 Å². The van der Waals surface area contributed by atoms with Gasteiger partial charge < -0.3 is 14.9 Å². The minimum atomic E-state index is -3.58. The normalized spacial score (nSPS) is 21.8. The zero-order valence-corrected chi connectivity index (χ0v) is 30.5. The van der Waals surface area contributed by atoms with Gasteiger partial charge in [-0.15, -0.1) is 0 Å². The van der Waals surface area contributed by atoms with E-state index >= 15 is 0 Å². The number of pyridine rings is 1. The molecule has 4 atom stereocenters. The van der Waals surface area contributed by atoms with E-state index in [4.69, 9.17) is 0 Å². The third-order valence-corrected chi connectivity index (χ3v) is 13.7. The molecular weight excluding hydrogens is 671 g/mol. The molecule has 9 nitrogen and oxygen atoms in total. The van der Waals surface area contributed by atoms with Gasteiger partial charge in [-0.1, -0.05) is 67.1 Å². The van der Waals surface area contributed by atoms with Crippen LogP contribution in [0.3, 0.4) is 0 Å². The van der Waals surface area contributed by atoms with Crippen LogP contribution in [0.5, 0.6) is 0 Å². The lowest BCUT2D eigenvalue weighted by Crippen LogP contribution is -2.55. The summed E-state index contributed by atoms with van der Waals surface area (Å²) in [5.74, 6) is 0.517. The van der Waals surface area contributed by atoms with E-state index < -0.39 is 21.3 Å². The van der Waals surface area contributed by atoms with Gasteiger partial charge in [0.2, 0.25) is 9.84 Å². The summed E-state index contributed by atoms with van der Waals surface area (Å²) in [7, 11) is -3.58. The van der Waals surface area contributed by atoms with Crippen molar-refractivity contribution in [2.75, 3.05) is 37.6 Å². The highest BCUT2D eigenvalue weighted by Crippen LogP contribution is 2.52. The smallest absolute Gasteiger partial charge is 0.408 e. The lowest BCUT2D eigenvalue weighted by Gasteiger charge is -2.49. The van der Waals surface area contributed by atoms with Crippen LogP contribution in [0, 0.1) is 29.1 Å². The summed E-state index contributed by atoms with van der Waals surface area (Å²) in [6, 6.07) is 32.5. The quantitative estimate of drug-likeness (QED) is 0.170. The van der Waals surface area contributed by atoms with Crippen molar-refractivity contribution in [1.29, 1.82) is 5.26 Å². The zero-order chi connectivity index (χ0) is 36.3. The lowest BCUT2D eigenvalue weighted by molar-refractivity contribution is 0.0495. The maximum Gasteiger partial charge on any atom is 0.408 e. The second kappa shape index (κ2) is 15.1. The number of amides is 1. The largest absolute Gasteiger partial charge is 0.465 e. The molecule has 52 heavy (non-hydrogen) atoms. The Morgan fingerprint density at radius 1 is 0.904 bits per heavy atom. The zero-order valence-electron chi connectivity index (χ0n) is 29.7. The van der Waals surface area contributed by atoms with E-state index in [2.05, 4.69) is 33.0 Å². The highest BCUT2D eigenvalue weighted by atomic mass is 32.2. The van der Waals surface area contributed by atoms with Crippen LogP contribution >= 0.6 is 0 Å². The first-order chi connectivity index (χ1) is 25.2. The van der Waals surface area contributed by atoms with Crippen molar-refractivity contribution in [3.8, 4) is 6.07 Å². The molecule has 0 bridgehead atoms. The van der Waals surface area contributed by atoms with Crippen LogP contribution in [-0.2, 0) is 15.3 Å². The number of piperidine rings is 1. The third kappa shape index (κ3) is 6.80. The van der Waals surface area contributed by atoms with Crippen LogP contribution in [0.25, 0.3) is 0 Å². The second-order valence-electron chi connectivity index (χ2n) is 14.8. The standard InChI is InChI=1S/C42H47N5O4S/c1-31(33-9-4-2-5-10-33)47(41(48)49)40-14-8-13-39(40)42(30-43,34-11-6-3-7-12-34)35-21-25-45(26-22-35)27-32-28-46(29-32)36-15-17-37(18-16-36)52(50,51)38-19-23-44-24-20-38/h2-7,9-12,15-20,23-24,31-32,35,39-40H,8,13-14,21-22,25-29H2,1H3,(H,48,49)/t31?,39-,40-,42?/m1/s1. The number of carbonyl (C=O) groups is 1. The summed E-state index contributed by atoms with van der Waals surface area (Å²) in [6.45, 7) is 6.59. The SMILES string of the molecule is CC(c1ccccc1)N(C(=O)O)[C@@H]1CCC[C@H]1C(C#N)(c1ccccc1)C1CCN(CC2CN(c3ccc(S(=O)(=O)c4ccncc4)cc3)C2)CC1. The van der Waals surface area contributed by atoms with Gasteiger partial charge in [0.1, 0.15) is 0 Å². The summed E-state index contributed by atoms with van der Waals surface area (Å²) in [6.07, 6.45) is 6.30. The van der Waals surface area contributed by atoms with Crippen LogP contribution in [0.2, 0.25) is 0 Å². The predicted octanol–water partition coefficient (Wildman–Crippen LogP) is 7.43. The molecule has 3 heterocycles. The first kappa shape index (κ1) is 35.7. The highest BCUT2D eigenvalue weighted by molar-refractivity contribution is 7.91. The maximum absolute atomic E-state index is 13.0. The molecular formula is C42H47N5O4S. The van der Waals surface area contributed by atoms with Crippen molar-refractivity contribution >= 4 is 21.6 Å². The van der Waals surface area contributed by atoms with Crippen molar-refractivity contribution in [3.05, 3.63) is 121 Å².